The molecule has 34 heavy (non-hydrogen) atoms. The van der Waals surface area contributed by atoms with Gasteiger partial charge in [-0.2, -0.15) is 0 Å². The SMILES string of the molecule is [2H]c1cc(C([2H])([2H])Oc2cccc3c2CN(C2CCC(=O)NC2=O)C3=O)ccc1C([2H])N1CCOCC1=O. The first kappa shape index (κ1) is 17.7. The highest BCUT2D eigenvalue weighted by Gasteiger charge is 2.40. The van der Waals surface area contributed by atoms with E-state index in [0.29, 0.717) is 12.2 Å². The second kappa shape index (κ2) is 9.26. The smallest absolute Gasteiger partial charge is 0.255 e. The monoisotopic (exact) mass is 467 g/mol. The number of carbonyl (C=O) groups excluding carboxylic acids is 4. The summed E-state index contributed by atoms with van der Waals surface area (Å²) in [5.74, 6) is -1.58. The lowest BCUT2D eigenvalue weighted by Gasteiger charge is -2.29. The van der Waals surface area contributed by atoms with Gasteiger partial charge in [-0.3, -0.25) is 24.5 Å². The van der Waals surface area contributed by atoms with Crippen LogP contribution in [0.3, 0.4) is 0 Å². The average molecular weight is 468 g/mol. The Morgan fingerprint density at radius 2 is 2.00 bits per heavy atom. The summed E-state index contributed by atoms with van der Waals surface area (Å²) in [6.45, 7) is -3.10. The minimum Gasteiger partial charge on any atom is -0.489 e. The van der Waals surface area contributed by atoms with Crippen molar-refractivity contribution >= 4 is 23.6 Å². The molecule has 2 unspecified atom stereocenters. The maximum absolute atomic E-state index is 13.0. The van der Waals surface area contributed by atoms with Gasteiger partial charge in [0.25, 0.3) is 5.91 Å². The van der Waals surface area contributed by atoms with Crippen molar-refractivity contribution in [2.45, 2.75) is 38.5 Å². The minimum atomic E-state index is -2.40. The molecule has 2 atom stereocenters. The second-order valence-corrected chi connectivity index (χ2v) is 8.19. The third-order valence-corrected chi connectivity index (χ3v) is 5.97. The van der Waals surface area contributed by atoms with E-state index in [0.717, 1.165) is 0 Å². The van der Waals surface area contributed by atoms with Crippen molar-refractivity contribution in [1.82, 2.24) is 15.1 Å². The van der Waals surface area contributed by atoms with Gasteiger partial charge in [0.2, 0.25) is 17.7 Å². The van der Waals surface area contributed by atoms with Crippen LogP contribution in [0.1, 0.15) is 45.4 Å². The molecular formula is C25H25N3O6. The Morgan fingerprint density at radius 3 is 2.79 bits per heavy atom. The second-order valence-electron chi connectivity index (χ2n) is 8.19. The molecule has 0 saturated carbocycles. The van der Waals surface area contributed by atoms with Gasteiger partial charge in [0.05, 0.1) is 18.6 Å². The van der Waals surface area contributed by atoms with Crippen LogP contribution in [0.15, 0.2) is 42.4 Å². The fourth-order valence-corrected chi connectivity index (χ4v) is 4.18. The lowest BCUT2D eigenvalue weighted by Crippen LogP contribution is -2.52. The predicted octanol–water partition coefficient (Wildman–Crippen LogP) is 1.39. The number of fused-ring (bicyclic) bond motifs is 1. The maximum atomic E-state index is 13.0. The molecule has 9 heteroatoms. The first-order valence-electron chi connectivity index (χ1n) is 13.0. The lowest BCUT2D eigenvalue weighted by atomic mass is 10.0. The maximum Gasteiger partial charge on any atom is 0.255 e. The number of piperidine rings is 1. The highest BCUT2D eigenvalue weighted by Crippen LogP contribution is 2.34. The highest BCUT2D eigenvalue weighted by molar-refractivity contribution is 6.05. The van der Waals surface area contributed by atoms with Crippen molar-refractivity contribution < 1.29 is 34.1 Å². The van der Waals surface area contributed by atoms with E-state index in [1.807, 2.05) is 0 Å². The quantitative estimate of drug-likeness (QED) is 0.644. The first-order valence-corrected chi connectivity index (χ1v) is 10.9. The third kappa shape index (κ3) is 4.38. The van der Waals surface area contributed by atoms with Crippen LogP contribution in [0.2, 0.25) is 0 Å². The molecule has 2 fully saturated rings. The zero-order valence-corrected chi connectivity index (χ0v) is 18.2. The Labute approximate surface area is 202 Å². The van der Waals surface area contributed by atoms with E-state index < -0.39 is 30.9 Å². The zero-order chi connectivity index (χ0) is 27.2. The van der Waals surface area contributed by atoms with Gasteiger partial charge in [-0.05, 0) is 29.7 Å². The van der Waals surface area contributed by atoms with Crippen LogP contribution in [0, 0.1) is 0 Å². The summed E-state index contributed by atoms with van der Waals surface area (Å²) < 4.78 is 44.8. The van der Waals surface area contributed by atoms with Crippen LogP contribution >= 0.6 is 0 Å². The summed E-state index contributed by atoms with van der Waals surface area (Å²) in [5.41, 5.74) is 0.971. The average Bonchev–Trinajstić information content (AvgIpc) is 3.21. The third-order valence-electron chi connectivity index (χ3n) is 5.97. The van der Waals surface area contributed by atoms with Crippen molar-refractivity contribution in [3.05, 3.63) is 64.7 Å². The van der Waals surface area contributed by atoms with E-state index in [4.69, 9.17) is 15.0 Å². The van der Waals surface area contributed by atoms with Crippen molar-refractivity contribution in [2.24, 2.45) is 0 Å². The van der Waals surface area contributed by atoms with Gasteiger partial charge in [0, 0.05) is 30.6 Å². The summed E-state index contributed by atoms with van der Waals surface area (Å²) in [7, 11) is 0. The number of rotatable bonds is 6. The standard InChI is InChI=1S/C25H25N3O6/c29-22-9-8-20(24(31)26-22)28-13-19-18(25(28)32)2-1-3-21(19)34-14-17-6-4-16(5-7-17)12-27-10-11-33-15-23(27)30/h1-7,20H,8-15H2,(H,26,29,31)/i4D,12D,14D2. The number of nitrogens with one attached hydrogen (secondary N) is 1. The van der Waals surface area contributed by atoms with Gasteiger partial charge in [-0.1, -0.05) is 30.3 Å². The molecule has 4 amide bonds. The number of ether oxygens (including phenoxy) is 2. The molecule has 0 aliphatic carbocycles. The highest BCUT2D eigenvalue weighted by atomic mass is 16.5. The number of carbonyl (C=O) groups is 4. The van der Waals surface area contributed by atoms with Crippen molar-refractivity contribution in [3.63, 3.8) is 0 Å². The molecule has 3 heterocycles. The molecule has 0 radical (unpaired) electrons. The van der Waals surface area contributed by atoms with Crippen molar-refractivity contribution in [2.75, 3.05) is 19.8 Å². The molecular weight excluding hydrogens is 438 g/mol. The summed E-state index contributed by atoms with van der Waals surface area (Å²) in [4.78, 5) is 51.7. The number of hydrogen-bond acceptors (Lipinski definition) is 6. The van der Waals surface area contributed by atoms with Gasteiger partial charge < -0.3 is 19.3 Å². The largest absolute Gasteiger partial charge is 0.489 e. The number of nitrogens with zero attached hydrogens (tertiary/aromatic N) is 2. The number of morpholine rings is 1. The summed E-state index contributed by atoms with van der Waals surface area (Å²) in [6, 6.07) is 7.82. The van der Waals surface area contributed by atoms with E-state index in [-0.39, 0.29) is 72.8 Å². The van der Waals surface area contributed by atoms with Gasteiger partial charge >= 0.3 is 0 Å². The molecule has 3 aliphatic heterocycles. The van der Waals surface area contributed by atoms with Crippen molar-refractivity contribution in [1.29, 1.82) is 0 Å². The molecule has 2 aromatic rings. The minimum absolute atomic E-state index is 0.0173. The van der Waals surface area contributed by atoms with Gasteiger partial charge in [0.1, 0.15) is 25.0 Å². The van der Waals surface area contributed by atoms with Crippen LogP contribution in [0.25, 0.3) is 0 Å². The number of amides is 4. The van der Waals surface area contributed by atoms with Crippen LogP contribution < -0.4 is 10.1 Å². The topological polar surface area (TPSA) is 105 Å². The number of imide groups is 1. The molecule has 0 spiro atoms. The molecule has 0 aromatic heterocycles. The zero-order valence-electron chi connectivity index (χ0n) is 22.2. The number of benzene rings is 2. The molecule has 5 rings (SSSR count). The Hall–Kier alpha value is -3.72. The summed E-state index contributed by atoms with van der Waals surface area (Å²) >= 11 is 0. The van der Waals surface area contributed by atoms with Gasteiger partial charge in [-0.15, -0.1) is 0 Å². The predicted molar refractivity (Wildman–Crippen MR) is 119 cm³/mol. The molecule has 0 bridgehead atoms. The molecule has 176 valence electrons. The van der Waals surface area contributed by atoms with E-state index in [9.17, 15) is 19.2 Å². The van der Waals surface area contributed by atoms with E-state index in [2.05, 4.69) is 5.32 Å². The molecule has 9 nitrogen and oxygen atoms in total. The van der Waals surface area contributed by atoms with Crippen LogP contribution in [-0.2, 0) is 38.7 Å². The van der Waals surface area contributed by atoms with Crippen LogP contribution in [-0.4, -0.2) is 59.2 Å². The Morgan fingerprint density at radius 1 is 1.15 bits per heavy atom. The molecule has 2 saturated heterocycles. The van der Waals surface area contributed by atoms with Crippen LogP contribution in [0.4, 0.5) is 0 Å². The fourth-order valence-electron chi connectivity index (χ4n) is 4.18. The van der Waals surface area contributed by atoms with Gasteiger partial charge in [0.15, 0.2) is 0 Å². The fraction of sp³-hybridized carbons (Fsp3) is 0.360. The van der Waals surface area contributed by atoms with E-state index in [1.54, 1.807) is 12.1 Å². The molecule has 2 aromatic carbocycles. The Bertz CT molecular complexity index is 1340. The van der Waals surface area contributed by atoms with Crippen LogP contribution in [0.5, 0.6) is 5.75 Å². The van der Waals surface area contributed by atoms with Gasteiger partial charge in [-0.25, -0.2) is 0 Å². The summed E-state index contributed by atoms with van der Waals surface area (Å²) in [6.07, 6.45) is 0.319. The van der Waals surface area contributed by atoms with E-state index >= 15 is 0 Å². The van der Waals surface area contributed by atoms with E-state index in [1.165, 1.54) is 34.1 Å². The number of hydrogen-bond donors (Lipinski definition) is 1. The van der Waals surface area contributed by atoms with Crippen molar-refractivity contribution in [3.8, 4) is 5.75 Å². The summed E-state index contributed by atoms with van der Waals surface area (Å²) in [5, 5.41) is 2.25. The Balaban J connectivity index is 1.36. The molecule has 3 aliphatic rings. The molecule has 1 N–H and O–H groups in total. The first-order chi connectivity index (χ1) is 18.1. The lowest BCUT2D eigenvalue weighted by molar-refractivity contribution is -0.143. The Kier molecular flexibility index (Phi) is 4.83. The normalized spacial score (nSPS) is 23.5.